The Morgan fingerprint density at radius 2 is 1.36 bits per heavy atom. The van der Waals surface area contributed by atoms with E-state index < -0.39 is 0 Å². The van der Waals surface area contributed by atoms with Gasteiger partial charge in [0.2, 0.25) is 0 Å². The summed E-state index contributed by atoms with van der Waals surface area (Å²) in [5.41, 5.74) is -0.195. The summed E-state index contributed by atoms with van der Waals surface area (Å²) in [7, 11) is 1.99. The first-order valence-corrected chi connectivity index (χ1v) is 4.68. The average molecular weight is 195 g/mol. The summed E-state index contributed by atoms with van der Waals surface area (Å²) in [6.45, 7) is 2.80. The van der Waals surface area contributed by atoms with Gasteiger partial charge in [0.1, 0.15) is 0 Å². The van der Waals surface area contributed by atoms with Gasteiger partial charge in [0.15, 0.2) is 0 Å². The summed E-state index contributed by atoms with van der Waals surface area (Å²) in [5, 5.41) is 0. The largest absolute Gasteiger partial charge is 0.303 e. The van der Waals surface area contributed by atoms with E-state index in [2.05, 4.69) is 4.90 Å². The summed E-state index contributed by atoms with van der Waals surface area (Å²) in [6, 6.07) is 2.67. The number of nitrogens with zero attached hydrogens (tertiary/aromatic N) is 3. The van der Waals surface area contributed by atoms with Crippen LogP contribution < -0.4 is 11.1 Å². The zero-order chi connectivity index (χ0) is 10.1. The van der Waals surface area contributed by atoms with Crippen molar-refractivity contribution in [1.29, 1.82) is 0 Å². The molecule has 14 heavy (non-hydrogen) atoms. The maximum Gasteiger partial charge on any atom is 0.265 e. The summed E-state index contributed by atoms with van der Waals surface area (Å²) in [6.07, 6.45) is 0. The fraction of sp³-hybridized carbons (Fsp3) is 0.556. The summed E-state index contributed by atoms with van der Waals surface area (Å²) < 4.78 is 3.04. The fourth-order valence-corrected chi connectivity index (χ4v) is 1.66. The highest BCUT2D eigenvalue weighted by molar-refractivity contribution is 4.89. The summed E-state index contributed by atoms with van der Waals surface area (Å²) >= 11 is 0. The van der Waals surface area contributed by atoms with Crippen LogP contribution >= 0.6 is 0 Å². The van der Waals surface area contributed by atoms with Crippen molar-refractivity contribution in [2.45, 2.75) is 13.1 Å². The normalized spacial score (nSPS) is 17.5. The van der Waals surface area contributed by atoms with Crippen molar-refractivity contribution in [2.75, 3.05) is 20.1 Å². The molecule has 5 nitrogen and oxygen atoms in total. The number of hydrogen-bond donors (Lipinski definition) is 0. The Labute approximate surface area is 81.2 Å². The Kier molecular flexibility index (Phi) is 2.25. The number of aromatic nitrogens is 2. The predicted molar refractivity (Wildman–Crippen MR) is 52.5 cm³/mol. The minimum atomic E-state index is -0.0973. The van der Waals surface area contributed by atoms with Crippen LogP contribution in [0.25, 0.3) is 0 Å². The molecule has 0 spiro atoms. The second-order valence-corrected chi connectivity index (χ2v) is 3.56. The van der Waals surface area contributed by atoms with Gasteiger partial charge in [0.25, 0.3) is 11.1 Å². The molecule has 1 aliphatic heterocycles. The van der Waals surface area contributed by atoms with E-state index in [-0.39, 0.29) is 11.1 Å². The van der Waals surface area contributed by atoms with Gasteiger partial charge < -0.3 is 4.90 Å². The molecule has 0 aliphatic carbocycles. The minimum absolute atomic E-state index is 0.0973. The topological polar surface area (TPSA) is 47.2 Å². The highest BCUT2D eigenvalue weighted by Gasteiger charge is 2.11. The van der Waals surface area contributed by atoms with Crippen LogP contribution in [0, 0.1) is 0 Å². The highest BCUT2D eigenvalue weighted by atomic mass is 16.2. The zero-order valence-electron chi connectivity index (χ0n) is 8.14. The second kappa shape index (κ2) is 3.42. The molecule has 0 saturated heterocycles. The average Bonchev–Trinajstić information content (AvgIpc) is 2.35. The smallest absolute Gasteiger partial charge is 0.265 e. The molecule has 0 fully saturated rings. The molecule has 0 bridgehead atoms. The van der Waals surface area contributed by atoms with Gasteiger partial charge in [-0.1, -0.05) is 0 Å². The van der Waals surface area contributed by atoms with Crippen LogP contribution in [0.3, 0.4) is 0 Å². The third-order valence-corrected chi connectivity index (χ3v) is 2.56. The van der Waals surface area contributed by atoms with E-state index in [1.54, 1.807) is 0 Å². The van der Waals surface area contributed by atoms with Gasteiger partial charge in [-0.25, -0.2) is 9.36 Å². The Hall–Kier alpha value is -1.36. The Bertz CT molecular complexity index is 405. The number of hydrogen-bond acceptors (Lipinski definition) is 3. The Morgan fingerprint density at radius 3 is 1.79 bits per heavy atom. The molecule has 76 valence electrons. The molecule has 5 heteroatoms. The van der Waals surface area contributed by atoms with Crippen molar-refractivity contribution < 1.29 is 0 Å². The first kappa shape index (κ1) is 9.21. The van der Waals surface area contributed by atoms with Crippen LogP contribution in [0.1, 0.15) is 0 Å². The molecule has 0 atom stereocenters. The molecule has 0 amide bonds. The molecular formula is C9H13N3O2. The lowest BCUT2D eigenvalue weighted by Gasteiger charge is -2.09. The van der Waals surface area contributed by atoms with Crippen molar-refractivity contribution in [3.63, 3.8) is 0 Å². The first-order valence-electron chi connectivity index (χ1n) is 4.68. The molecule has 0 N–H and O–H groups in total. The molecule has 2 rings (SSSR count). The molecule has 0 aromatic carbocycles. The fourth-order valence-electron chi connectivity index (χ4n) is 1.66. The third-order valence-electron chi connectivity index (χ3n) is 2.56. The molecule has 0 unspecified atom stereocenters. The Morgan fingerprint density at radius 1 is 0.929 bits per heavy atom. The van der Waals surface area contributed by atoms with E-state index in [4.69, 9.17) is 0 Å². The van der Waals surface area contributed by atoms with E-state index in [9.17, 15) is 9.59 Å². The van der Waals surface area contributed by atoms with Crippen LogP contribution in [-0.2, 0) is 13.1 Å². The molecule has 1 aromatic rings. The zero-order valence-corrected chi connectivity index (χ0v) is 8.14. The number of likely N-dealkylation sites (N-methyl/N-ethyl adjacent to an activating group) is 1. The first-order chi connectivity index (χ1) is 6.68. The van der Waals surface area contributed by atoms with Gasteiger partial charge in [-0.3, -0.25) is 9.59 Å². The molecule has 1 aliphatic rings. The maximum absolute atomic E-state index is 11.5. The Balaban J connectivity index is 2.55. The van der Waals surface area contributed by atoms with Crippen molar-refractivity contribution >= 4 is 0 Å². The van der Waals surface area contributed by atoms with Gasteiger partial charge in [-0.15, -0.1) is 0 Å². The van der Waals surface area contributed by atoms with Crippen molar-refractivity contribution in [1.82, 2.24) is 14.3 Å². The predicted octanol–water partition coefficient (Wildman–Crippen LogP) is -1.04. The van der Waals surface area contributed by atoms with E-state index in [0.717, 1.165) is 13.1 Å². The lowest BCUT2D eigenvalue weighted by Crippen LogP contribution is -2.37. The summed E-state index contributed by atoms with van der Waals surface area (Å²) in [5.74, 6) is 0. The number of fused-ring (bicyclic) bond motifs is 1. The van der Waals surface area contributed by atoms with E-state index >= 15 is 0 Å². The van der Waals surface area contributed by atoms with Gasteiger partial charge in [-0.2, -0.15) is 0 Å². The van der Waals surface area contributed by atoms with Crippen LogP contribution in [0.15, 0.2) is 21.7 Å². The summed E-state index contributed by atoms with van der Waals surface area (Å²) in [4.78, 5) is 25.0. The quantitative estimate of drug-likeness (QED) is 0.531. The van der Waals surface area contributed by atoms with Gasteiger partial charge in [0.05, 0.1) is 13.1 Å². The van der Waals surface area contributed by atoms with Crippen molar-refractivity contribution in [2.24, 2.45) is 0 Å². The monoisotopic (exact) mass is 195 g/mol. The molecule has 1 aromatic heterocycles. The number of rotatable bonds is 0. The lowest BCUT2D eigenvalue weighted by molar-refractivity contribution is 0.338. The second-order valence-electron chi connectivity index (χ2n) is 3.56. The van der Waals surface area contributed by atoms with Gasteiger partial charge in [0, 0.05) is 25.2 Å². The van der Waals surface area contributed by atoms with E-state index in [1.807, 2.05) is 7.05 Å². The van der Waals surface area contributed by atoms with Gasteiger partial charge in [-0.05, 0) is 7.05 Å². The minimum Gasteiger partial charge on any atom is -0.303 e. The molecular weight excluding hydrogens is 182 g/mol. The SMILES string of the molecule is CN1CCn2c(=O)ccc(=O)n2CC1. The molecule has 0 radical (unpaired) electrons. The van der Waals surface area contributed by atoms with Crippen LogP contribution in [0.2, 0.25) is 0 Å². The lowest BCUT2D eigenvalue weighted by atomic mass is 10.5. The van der Waals surface area contributed by atoms with Crippen molar-refractivity contribution in [3.8, 4) is 0 Å². The van der Waals surface area contributed by atoms with Crippen LogP contribution in [0.5, 0.6) is 0 Å². The standard InChI is InChI=1S/C9H13N3O2/c1-10-4-6-11-8(13)2-3-9(14)12(11)7-5-10/h2-3H,4-7H2,1H3. The van der Waals surface area contributed by atoms with E-state index in [0.29, 0.717) is 13.1 Å². The van der Waals surface area contributed by atoms with E-state index in [1.165, 1.54) is 21.5 Å². The van der Waals surface area contributed by atoms with Gasteiger partial charge >= 0.3 is 0 Å². The van der Waals surface area contributed by atoms with Crippen LogP contribution in [-0.4, -0.2) is 34.4 Å². The maximum atomic E-state index is 11.5. The molecule has 0 saturated carbocycles. The molecule has 2 heterocycles. The third kappa shape index (κ3) is 1.50. The van der Waals surface area contributed by atoms with Crippen LogP contribution in [0.4, 0.5) is 0 Å². The highest BCUT2D eigenvalue weighted by Crippen LogP contribution is 1.93. The van der Waals surface area contributed by atoms with Crippen molar-refractivity contribution in [3.05, 3.63) is 32.8 Å².